The van der Waals surface area contributed by atoms with Gasteiger partial charge in [0.1, 0.15) is 0 Å². The number of rotatable bonds is 3. The molecule has 2 rings (SSSR count). The fourth-order valence-electron chi connectivity index (χ4n) is 1.74. The number of thiophene rings is 1. The first-order valence-electron chi connectivity index (χ1n) is 5.26. The largest absolute Gasteiger partial charge is 0.321 e. The summed E-state index contributed by atoms with van der Waals surface area (Å²) in [7, 11) is 0. The summed E-state index contributed by atoms with van der Waals surface area (Å²) in [5.74, 6) is 0. The fourth-order valence-corrected chi connectivity index (χ4v) is 3.66. The van der Waals surface area contributed by atoms with Crippen LogP contribution in [0.2, 0.25) is 0 Å². The molecule has 4 heteroatoms. The summed E-state index contributed by atoms with van der Waals surface area (Å²) in [4.78, 5) is 1.30. The van der Waals surface area contributed by atoms with E-state index < -0.39 is 0 Å². The standard InChI is InChI=1S/C13H13Br2NS/c1-13(16,8-11-6-7-12(15)17-11)9-2-4-10(14)5-3-9/h2-7H,8,16H2,1H3. The van der Waals surface area contributed by atoms with Crippen LogP contribution in [0.3, 0.4) is 0 Å². The smallest absolute Gasteiger partial charge is 0.0701 e. The Morgan fingerprint density at radius 1 is 1.12 bits per heavy atom. The van der Waals surface area contributed by atoms with Gasteiger partial charge in [0.15, 0.2) is 0 Å². The van der Waals surface area contributed by atoms with Gasteiger partial charge in [0, 0.05) is 21.3 Å². The molecule has 1 heterocycles. The molecule has 1 atom stereocenters. The monoisotopic (exact) mass is 373 g/mol. The van der Waals surface area contributed by atoms with Gasteiger partial charge >= 0.3 is 0 Å². The van der Waals surface area contributed by atoms with Gasteiger partial charge in [-0.3, -0.25) is 0 Å². The van der Waals surface area contributed by atoms with E-state index in [0.717, 1.165) is 20.2 Å². The Hall–Kier alpha value is -0.160. The summed E-state index contributed by atoms with van der Waals surface area (Å²) in [5, 5.41) is 0. The lowest BCUT2D eigenvalue weighted by molar-refractivity contribution is 0.495. The van der Waals surface area contributed by atoms with Crippen molar-refractivity contribution in [3.05, 3.63) is 55.1 Å². The second-order valence-electron chi connectivity index (χ2n) is 4.31. The van der Waals surface area contributed by atoms with E-state index in [1.807, 2.05) is 12.1 Å². The van der Waals surface area contributed by atoms with Crippen LogP contribution in [-0.2, 0) is 12.0 Å². The number of hydrogen-bond donors (Lipinski definition) is 1. The van der Waals surface area contributed by atoms with Gasteiger partial charge in [-0.05, 0) is 52.7 Å². The van der Waals surface area contributed by atoms with Crippen molar-refractivity contribution in [3.8, 4) is 0 Å². The first-order chi connectivity index (χ1) is 7.97. The minimum atomic E-state index is -0.328. The minimum absolute atomic E-state index is 0.328. The minimum Gasteiger partial charge on any atom is -0.321 e. The van der Waals surface area contributed by atoms with Crippen LogP contribution in [0, 0.1) is 0 Å². The fraction of sp³-hybridized carbons (Fsp3) is 0.231. The van der Waals surface area contributed by atoms with Crippen molar-refractivity contribution in [2.75, 3.05) is 0 Å². The van der Waals surface area contributed by atoms with Crippen LogP contribution in [0.1, 0.15) is 17.4 Å². The third-order valence-electron chi connectivity index (χ3n) is 2.67. The summed E-state index contributed by atoms with van der Waals surface area (Å²) in [5.41, 5.74) is 7.23. The molecule has 0 radical (unpaired) electrons. The van der Waals surface area contributed by atoms with Crippen molar-refractivity contribution in [3.63, 3.8) is 0 Å². The van der Waals surface area contributed by atoms with E-state index in [1.165, 1.54) is 4.88 Å². The van der Waals surface area contributed by atoms with Crippen molar-refractivity contribution in [2.45, 2.75) is 18.9 Å². The van der Waals surface area contributed by atoms with Gasteiger partial charge in [0.25, 0.3) is 0 Å². The molecule has 1 unspecified atom stereocenters. The normalized spacial score (nSPS) is 14.6. The quantitative estimate of drug-likeness (QED) is 0.828. The van der Waals surface area contributed by atoms with Gasteiger partial charge in [0.2, 0.25) is 0 Å². The summed E-state index contributed by atoms with van der Waals surface area (Å²) in [6.07, 6.45) is 0.852. The van der Waals surface area contributed by atoms with Gasteiger partial charge < -0.3 is 5.73 Å². The van der Waals surface area contributed by atoms with Crippen LogP contribution in [0.15, 0.2) is 44.7 Å². The second-order valence-corrected chi connectivity index (χ2v) is 7.77. The molecule has 0 spiro atoms. The number of benzene rings is 1. The van der Waals surface area contributed by atoms with Gasteiger partial charge in [-0.15, -0.1) is 11.3 Å². The van der Waals surface area contributed by atoms with E-state index >= 15 is 0 Å². The molecule has 17 heavy (non-hydrogen) atoms. The molecule has 2 aromatic rings. The molecule has 1 aromatic carbocycles. The molecule has 1 nitrogen and oxygen atoms in total. The maximum atomic E-state index is 6.41. The molecule has 0 aliphatic heterocycles. The van der Waals surface area contributed by atoms with Gasteiger partial charge in [0.05, 0.1) is 3.79 Å². The Labute approximate surface area is 122 Å². The predicted octanol–water partition coefficient (Wildman–Crippen LogP) is 4.69. The van der Waals surface area contributed by atoms with Crippen LogP contribution < -0.4 is 5.73 Å². The zero-order valence-corrected chi connectivity index (χ0v) is 13.4. The molecule has 1 aromatic heterocycles. The van der Waals surface area contributed by atoms with Crippen molar-refractivity contribution >= 4 is 43.2 Å². The van der Waals surface area contributed by atoms with Gasteiger partial charge in [-0.2, -0.15) is 0 Å². The Bertz CT molecular complexity index is 502. The predicted molar refractivity (Wildman–Crippen MR) is 81.4 cm³/mol. The lowest BCUT2D eigenvalue weighted by Crippen LogP contribution is -2.35. The molecule has 0 saturated heterocycles. The van der Waals surface area contributed by atoms with Crippen LogP contribution in [0.25, 0.3) is 0 Å². The first-order valence-corrected chi connectivity index (χ1v) is 7.67. The van der Waals surface area contributed by atoms with Crippen molar-refractivity contribution < 1.29 is 0 Å². The third kappa shape index (κ3) is 3.41. The average molecular weight is 375 g/mol. The zero-order chi connectivity index (χ0) is 12.5. The van der Waals surface area contributed by atoms with E-state index in [4.69, 9.17) is 5.73 Å². The Kier molecular flexibility index (Phi) is 4.08. The summed E-state index contributed by atoms with van der Waals surface area (Å²) < 4.78 is 2.23. The summed E-state index contributed by atoms with van der Waals surface area (Å²) in [6, 6.07) is 12.4. The highest BCUT2D eigenvalue weighted by atomic mass is 79.9. The Morgan fingerprint density at radius 2 is 1.76 bits per heavy atom. The molecule has 0 aliphatic carbocycles. The summed E-state index contributed by atoms with van der Waals surface area (Å²) in [6.45, 7) is 2.07. The van der Waals surface area contributed by atoms with Crippen LogP contribution in [-0.4, -0.2) is 0 Å². The molecular weight excluding hydrogens is 362 g/mol. The van der Waals surface area contributed by atoms with Crippen molar-refractivity contribution in [1.29, 1.82) is 0 Å². The molecule has 0 amide bonds. The molecule has 2 N–H and O–H groups in total. The van der Waals surface area contributed by atoms with E-state index in [1.54, 1.807) is 11.3 Å². The number of nitrogens with two attached hydrogens (primary N) is 1. The summed E-state index contributed by atoms with van der Waals surface area (Å²) >= 11 is 8.65. The molecule has 0 aliphatic rings. The van der Waals surface area contributed by atoms with E-state index in [9.17, 15) is 0 Å². The molecular formula is C13H13Br2NS. The third-order valence-corrected chi connectivity index (χ3v) is 4.83. The molecule has 0 fully saturated rings. The highest BCUT2D eigenvalue weighted by Gasteiger charge is 2.22. The van der Waals surface area contributed by atoms with E-state index in [2.05, 4.69) is 63.0 Å². The maximum absolute atomic E-state index is 6.41. The van der Waals surface area contributed by atoms with Crippen molar-refractivity contribution in [2.24, 2.45) is 5.73 Å². The Balaban J connectivity index is 2.21. The average Bonchev–Trinajstić information content (AvgIpc) is 2.63. The SMILES string of the molecule is CC(N)(Cc1ccc(Br)s1)c1ccc(Br)cc1. The van der Waals surface area contributed by atoms with Crippen LogP contribution >= 0.6 is 43.2 Å². The molecule has 0 bridgehead atoms. The Morgan fingerprint density at radius 3 is 2.29 bits per heavy atom. The van der Waals surface area contributed by atoms with Gasteiger partial charge in [-0.1, -0.05) is 28.1 Å². The number of halogens is 2. The lowest BCUT2D eigenvalue weighted by atomic mass is 9.89. The highest BCUT2D eigenvalue weighted by molar-refractivity contribution is 9.11. The van der Waals surface area contributed by atoms with Crippen molar-refractivity contribution in [1.82, 2.24) is 0 Å². The maximum Gasteiger partial charge on any atom is 0.0701 e. The van der Waals surface area contributed by atoms with Crippen LogP contribution in [0.4, 0.5) is 0 Å². The van der Waals surface area contributed by atoms with Crippen LogP contribution in [0.5, 0.6) is 0 Å². The van der Waals surface area contributed by atoms with Gasteiger partial charge in [-0.25, -0.2) is 0 Å². The lowest BCUT2D eigenvalue weighted by Gasteiger charge is -2.24. The second kappa shape index (κ2) is 5.22. The zero-order valence-electron chi connectivity index (χ0n) is 9.41. The molecule has 90 valence electrons. The van der Waals surface area contributed by atoms with E-state index in [0.29, 0.717) is 0 Å². The number of hydrogen-bond acceptors (Lipinski definition) is 2. The topological polar surface area (TPSA) is 26.0 Å². The first kappa shape index (κ1) is 13.3. The highest BCUT2D eigenvalue weighted by Crippen LogP contribution is 2.29. The molecule has 0 saturated carbocycles. The van der Waals surface area contributed by atoms with E-state index in [-0.39, 0.29) is 5.54 Å².